The van der Waals surface area contributed by atoms with E-state index in [-0.39, 0.29) is 24.9 Å². The van der Waals surface area contributed by atoms with Crippen molar-refractivity contribution < 1.29 is 23.1 Å². The third kappa shape index (κ3) is 4.52. The highest BCUT2D eigenvalue weighted by molar-refractivity contribution is 7.87. The van der Waals surface area contributed by atoms with Crippen molar-refractivity contribution >= 4 is 16.2 Å². The second kappa shape index (κ2) is 6.46. The molecular weight excluding hydrogens is 260 g/mol. The largest absolute Gasteiger partial charge is 0.481 e. The van der Waals surface area contributed by atoms with Crippen LogP contribution in [0.5, 0.6) is 0 Å². The summed E-state index contributed by atoms with van der Waals surface area (Å²) >= 11 is 0. The molecular formula is C10H20N2O5S. The van der Waals surface area contributed by atoms with Gasteiger partial charge in [-0.25, -0.2) is 0 Å². The molecule has 0 aromatic carbocycles. The fourth-order valence-electron chi connectivity index (χ4n) is 1.74. The van der Waals surface area contributed by atoms with Crippen LogP contribution in [0.15, 0.2) is 0 Å². The van der Waals surface area contributed by atoms with Crippen molar-refractivity contribution in [3.05, 3.63) is 0 Å². The Morgan fingerprint density at radius 2 is 2.28 bits per heavy atom. The van der Waals surface area contributed by atoms with Gasteiger partial charge in [-0.3, -0.25) is 4.79 Å². The molecule has 2 atom stereocenters. The van der Waals surface area contributed by atoms with Crippen LogP contribution >= 0.6 is 0 Å². The van der Waals surface area contributed by atoms with Gasteiger partial charge in [-0.1, -0.05) is 0 Å². The number of ether oxygens (including phenoxy) is 1. The van der Waals surface area contributed by atoms with E-state index in [9.17, 15) is 13.2 Å². The number of hydrogen-bond donors (Lipinski definition) is 2. The normalized spacial score (nSPS) is 22.3. The van der Waals surface area contributed by atoms with Gasteiger partial charge in [-0.05, 0) is 13.3 Å². The molecule has 1 heterocycles. The van der Waals surface area contributed by atoms with Crippen molar-refractivity contribution in [1.29, 1.82) is 0 Å². The summed E-state index contributed by atoms with van der Waals surface area (Å²) in [7, 11) is -2.26. The van der Waals surface area contributed by atoms with Crippen LogP contribution in [0.2, 0.25) is 0 Å². The first kappa shape index (κ1) is 15.4. The van der Waals surface area contributed by atoms with Gasteiger partial charge in [-0.2, -0.15) is 17.4 Å². The number of nitrogens with one attached hydrogen (secondary N) is 1. The van der Waals surface area contributed by atoms with Crippen LogP contribution in [0.3, 0.4) is 0 Å². The molecule has 8 heteroatoms. The molecule has 18 heavy (non-hydrogen) atoms. The zero-order chi connectivity index (χ0) is 13.8. The lowest BCUT2D eigenvalue weighted by Gasteiger charge is -2.23. The third-order valence-electron chi connectivity index (χ3n) is 3.06. The van der Waals surface area contributed by atoms with E-state index in [1.54, 1.807) is 6.92 Å². The van der Waals surface area contributed by atoms with Gasteiger partial charge in [0.2, 0.25) is 0 Å². The highest BCUT2D eigenvalue weighted by Crippen LogP contribution is 2.17. The lowest BCUT2D eigenvalue weighted by atomic mass is 10.0. The van der Waals surface area contributed by atoms with E-state index in [0.717, 1.165) is 10.7 Å². The fraction of sp³-hybridized carbons (Fsp3) is 0.900. The number of carboxylic acids is 1. The van der Waals surface area contributed by atoms with Crippen LogP contribution in [0.25, 0.3) is 0 Å². The molecule has 0 aromatic heterocycles. The average Bonchev–Trinajstić information content (AvgIpc) is 2.78. The lowest BCUT2D eigenvalue weighted by Crippen LogP contribution is -2.46. The topological polar surface area (TPSA) is 95.9 Å². The van der Waals surface area contributed by atoms with Crippen LogP contribution in [0.1, 0.15) is 19.8 Å². The quantitative estimate of drug-likeness (QED) is 0.664. The summed E-state index contributed by atoms with van der Waals surface area (Å²) in [6.07, 6.45) is 0.626. The molecule has 0 aromatic rings. The van der Waals surface area contributed by atoms with Gasteiger partial charge >= 0.3 is 5.97 Å². The molecule has 1 fully saturated rings. The summed E-state index contributed by atoms with van der Waals surface area (Å²) in [5, 5.41) is 8.52. The smallest absolute Gasteiger partial charge is 0.304 e. The first-order valence-corrected chi connectivity index (χ1v) is 7.30. The Labute approximate surface area is 107 Å². The van der Waals surface area contributed by atoms with E-state index in [4.69, 9.17) is 9.84 Å². The van der Waals surface area contributed by atoms with Crippen LogP contribution < -0.4 is 4.72 Å². The standard InChI is InChI=1S/C10H20N2O5S/c1-8(9-4-6-17-7-9)11-18(15,16)12(2)5-3-10(13)14/h8-9,11H,3-7H2,1-2H3,(H,13,14). The van der Waals surface area contributed by atoms with Gasteiger partial charge in [0, 0.05) is 32.2 Å². The van der Waals surface area contributed by atoms with Crippen LogP contribution in [0.4, 0.5) is 0 Å². The molecule has 0 bridgehead atoms. The molecule has 1 aliphatic rings. The fourth-order valence-corrected chi connectivity index (χ4v) is 2.92. The van der Waals surface area contributed by atoms with Crippen LogP contribution in [-0.2, 0) is 19.7 Å². The van der Waals surface area contributed by atoms with Gasteiger partial charge in [0.1, 0.15) is 0 Å². The molecule has 106 valence electrons. The highest BCUT2D eigenvalue weighted by atomic mass is 32.2. The Kier molecular flexibility index (Phi) is 5.51. The maximum absolute atomic E-state index is 11.9. The predicted molar refractivity (Wildman–Crippen MR) is 65.3 cm³/mol. The number of hydrogen-bond acceptors (Lipinski definition) is 4. The molecule has 1 saturated heterocycles. The summed E-state index contributed by atoms with van der Waals surface area (Å²) in [4.78, 5) is 10.4. The minimum atomic E-state index is -3.63. The summed E-state index contributed by atoms with van der Waals surface area (Å²) in [5.41, 5.74) is 0. The Balaban J connectivity index is 2.49. The van der Waals surface area contributed by atoms with Crippen molar-refractivity contribution in [2.24, 2.45) is 5.92 Å². The highest BCUT2D eigenvalue weighted by Gasteiger charge is 2.27. The van der Waals surface area contributed by atoms with Gasteiger partial charge in [-0.15, -0.1) is 0 Å². The number of nitrogens with zero attached hydrogens (tertiary/aromatic N) is 1. The summed E-state index contributed by atoms with van der Waals surface area (Å²) in [5.74, 6) is -0.845. The molecule has 0 aliphatic carbocycles. The van der Waals surface area contributed by atoms with Crippen molar-refractivity contribution in [3.8, 4) is 0 Å². The molecule has 7 nitrogen and oxygen atoms in total. The molecule has 0 amide bonds. The number of aliphatic carboxylic acids is 1. The average molecular weight is 280 g/mol. The van der Waals surface area contributed by atoms with Crippen molar-refractivity contribution in [3.63, 3.8) is 0 Å². The molecule has 0 saturated carbocycles. The van der Waals surface area contributed by atoms with E-state index in [0.29, 0.717) is 13.2 Å². The number of carboxylic acid groups (broad SMARTS) is 1. The SMILES string of the molecule is CC(NS(=O)(=O)N(C)CCC(=O)O)C1CCOC1. The summed E-state index contributed by atoms with van der Waals surface area (Å²) in [6.45, 7) is 2.97. The summed E-state index contributed by atoms with van der Waals surface area (Å²) < 4.78 is 32.6. The van der Waals surface area contributed by atoms with Gasteiger partial charge < -0.3 is 9.84 Å². The van der Waals surface area contributed by atoms with E-state index < -0.39 is 16.2 Å². The molecule has 1 rings (SSSR count). The summed E-state index contributed by atoms with van der Waals surface area (Å²) in [6, 6.07) is -0.218. The van der Waals surface area contributed by atoms with Crippen molar-refractivity contribution in [1.82, 2.24) is 9.03 Å². The Hall–Kier alpha value is -0.700. The van der Waals surface area contributed by atoms with Gasteiger partial charge in [0.25, 0.3) is 10.2 Å². The third-order valence-corrected chi connectivity index (χ3v) is 4.73. The Morgan fingerprint density at radius 1 is 1.61 bits per heavy atom. The molecule has 0 radical (unpaired) electrons. The first-order chi connectivity index (χ1) is 8.33. The minimum Gasteiger partial charge on any atom is -0.481 e. The monoisotopic (exact) mass is 280 g/mol. The van der Waals surface area contributed by atoms with Crippen LogP contribution in [0, 0.1) is 5.92 Å². The Morgan fingerprint density at radius 3 is 2.78 bits per heavy atom. The van der Waals surface area contributed by atoms with E-state index in [2.05, 4.69) is 4.72 Å². The zero-order valence-electron chi connectivity index (χ0n) is 10.6. The molecule has 0 spiro atoms. The maximum atomic E-state index is 11.9. The van der Waals surface area contributed by atoms with Crippen molar-refractivity contribution in [2.75, 3.05) is 26.8 Å². The second-order valence-corrected chi connectivity index (χ2v) is 6.31. The first-order valence-electron chi connectivity index (χ1n) is 5.86. The zero-order valence-corrected chi connectivity index (χ0v) is 11.4. The molecule has 2 N–H and O–H groups in total. The van der Waals surface area contributed by atoms with Crippen LogP contribution in [-0.4, -0.2) is 56.6 Å². The number of rotatable bonds is 7. The van der Waals surface area contributed by atoms with Gasteiger partial charge in [0.05, 0.1) is 13.0 Å². The van der Waals surface area contributed by atoms with Gasteiger partial charge in [0.15, 0.2) is 0 Å². The van der Waals surface area contributed by atoms with E-state index >= 15 is 0 Å². The Bertz CT molecular complexity index is 378. The predicted octanol–water partition coefficient (Wildman–Crippen LogP) is -0.348. The number of carbonyl (C=O) groups is 1. The van der Waals surface area contributed by atoms with Crippen molar-refractivity contribution in [2.45, 2.75) is 25.8 Å². The lowest BCUT2D eigenvalue weighted by molar-refractivity contribution is -0.137. The molecule has 1 aliphatic heterocycles. The second-order valence-electron chi connectivity index (χ2n) is 4.50. The maximum Gasteiger partial charge on any atom is 0.304 e. The van der Waals surface area contributed by atoms with E-state index in [1.165, 1.54) is 7.05 Å². The van der Waals surface area contributed by atoms with E-state index in [1.807, 2.05) is 0 Å². The minimum absolute atomic E-state index is 0.0431. The molecule has 2 unspecified atom stereocenters.